The van der Waals surface area contributed by atoms with Gasteiger partial charge in [-0.3, -0.25) is 4.79 Å². The fraction of sp³-hybridized carbons (Fsp3) is 0. The molecule has 2 aromatic rings. The minimum absolute atomic E-state index is 0.0618. The Labute approximate surface area is 118 Å². The highest BCUT2D eigenvalue weighted by molar-refractivity contribution is 6.43. The van der Waals surface area contributed by atoms with Crippen LogP contribution in [0.4, 0.5) is 5.82 Å². The van der Waals surface area contributed by atoms with Gasteiger partial charge in [0.05, 0.1) is 11.6 Å². The van der Waals surface area contributed by atoms with E-state index in [0.29, 0.717) is 11.1 Å². The Morgan fingerprint density at radius 3 is 2.53 bits per heavy atom. The number of nitriles is 1. The molecule has 0 aliphatic heterocycles. The van der Waals surface area contributed by atoms with E-state index in [1.54, 1.807) is 12.1 Å². The zero-order valence-electron chi connectivity index (χ0n) is 9.39. The lowest BCUT2D eigenvalue weighted by Crippen LogP contribution is -2.13. The third-order valence-electron chi connectivity index (χ3n) is 2.26. The number of benzene rings is 1. The molecule has 0 aliphatic carbocycles. The minimum atomic E-state index is -0.402. The standard InChI is InChI=1S/C12H6Cl2N4O/c13-9-10(14)16-6-17-11(9)18-12(19)8-3-1-7(5-15)2-4-8/h1-4,6H,(H,16,17,18,19). The molecule has 7 heteroatoms. The third-order valence-corrected chi connectivity index (χ3v) is 3.00. The highest BCUT2D eigenvalue weighted by Crippen LogP contribution is 2.25. The lowest BCUT2D eigenvalue weighted by atomic mass is 10.1. The molecule has 1 aromatic carbocycles. The van der Waals surface area contributed by atoms with Crippen LogP contribution >= 0.6 is 23.2 Å². The van der Waals surface area contributed by atoms with E-state index in [0.717, 1.165) is 0 Å². The van der Waals surface area contributed by atoms with Crippen LogP contribution in [0.25, 0.3) is 0 Å². The fourth-order valence-electron chi connectivity index (χ4n) is 1.31. The van der Waals surface area contributed by atoms with Gasteiger partial charge in [0, 0.05) is 5.56 Å². The molecule has 2 rings (SSSR count). The lowest BCUT2D eigenvalue weighted by Gasteiger charge is -2.06. The average Bonchev–Trinajstić information content (AvgIpc) is 2.44. The van der Waals surface area contributed by atoms with Gasteiger partial charge in [-0.25, -0.2) is 9.97 Å². The number of carbonyl (C=O) groups is 1. The number of carbonyl (C=O) groups excluding carboxylic acids is 1. The van der Waals surface area contributed by atoms with Crippen LogP contribution in [-0.4, -0.2) is 15.9 Å². The first-order valence-electron chi connectivity index (χ1n) is 5.09. The third kappa shape index (κ3) is 2.99. The van der Waals surface area contributed by atoms with Crippen LogP contribution < -0.4 is 5.32 Å². The monoisotopic (exact) mass is 292 g/mol. The van der Waals surface area contributed by atoms with Crippen LogP contribution in [-0.2, 0) is 0 Å². The van der Waals surface area contributed by atoms with Crippen LogP contribution in [0.15, 0.2) is 30.6 Å². The van der Waals surface area contributed by atoms with Crippen molar-refractivity contribution in [3.05, 3.63) is 51.9 Å². The second-order valence-electron chi connectivity index (χ2n) is 3.47. The van der Waals surface area contributed by atoms with Crippen molar-refractivity contribution >= 4 is 34.9 Å². The molecule has 1 aromatic heterocycles. The number of nitrogens with zero attached hydrogens (tertiary/aromatic N) is 3. The van der Waals surface area contributed by atoms with E-state index < -0.39 is 5.91 Å². The predicted octanol–water partition coefficient (Wildman–Crippen LogP) is 2.91. The summed E-state index contributed by atoms with van der Waals surface area (Å²) in [7, 11) is 0. The minimum Gasteiger partial charge on any atom is -0.305 e. The molecule has 0 spiro atoms. The van der Waals surface area contributed by atoms with Crippen molar-refractivity contribution < 1.29 is 4.79 Å². The Morgan fingerprint density at radius 1 is 1.21 bits per heavy atom. The fourth-order valence-corrected chi connectivity index (χ4v) is 1.59. The molecule has 0 atom stereocenters. The normalized spacial score (nSPS) is 9.74. The number of halogens is 2. The molecule has 0 saturated carbocycles. The highest BCUT2D eigenvalue weighted by atomic mass is 35.5. The second kappa shape index (κ2) is 5.65. The van der Waals surface area contributed by atoms with Crippen LogP contribution in [0.3, 0.4) is 0 Å². The van der Waals surface area contributed by atoms with Gasteiger partial charge in [-0.05, 0) is 24.3 Å². The number of anilines is 1. The summed E-state index contributed by atoms with van der Waals surface area (Å²) in [4.78, 5) is 19.4. The maximum atomic E-state index is 11.9. The molecule has 19 heavy (non-hydrogen) atoms. The number of aromatic nitrogens is 2. The van der Waals surface area contributed by atoms with Gasteiger partial charge in [0.2, 0.25) is 0 Å². The Morgan fingerprint density at radius 2 is 1.89 bits per heavy atom. The van der Waals surface area contributed by atoms with Crippen LogP contribution in [0, 0.1) is 11.3 Å². The second-order valence-corrected chi connectivity index (χ2v) is 4.21. The summed E-state index contributed by atoms with van der Waals surface area (Å²) >= 11 is 11.6. The van der Waals surface area contributed by atoms with Crippen molar-refractivity contribution in [3.8, 4) is 6.07 Å². The van der Waals surface area contributed by atoms with E-state index in [9.17, 15) is 4.79 Å². The molecule has 0 saturated heterocycles. The molecule has 5 nitrogen and oxygen atoms in total. The van der Waals surface area contributed by atoms with Crippen molar-refractivity contribution in [2.24, 2.45) is 0 Å². The molecule has 0 radical (unpaired) electrons. The Kier molecular flexibility index (Phi) is 3.95. The van der Waals surface area contributed by atoms with Crippen LogP contribution in [0.1, 0.15) is 15.9 Å². The number of hydrogen-bond acceptors (Lipinski definition) is 4. The van der Waals surface area contributed by atoms with Crippen molar-refractivity contribution in [1.29, 1.82) is 5.26 Å². The van der Waals surface area contributed by atoms with Crippen molar-refractivity contribution in [2.45, 2.75) is 0 Å². The summed E-state index contributed by atoms with van der Waals surface area (Å²) in [6, 6.07) is 8.12. The first-order chi connectivity index (χ1) is 9.11. The molecule has 0 bridgehead atoms. The van der Waals surface area contributed by atoms with Crippen molar-refractivity contribution in [1.82, 2.24) is 9.97 Å². The van der Waals surface area contributed by atoms with E-state index >= 15 is 0 Å². The molecule has 1 heterocycles. The van der Waals surface area contributed by atoms with E-state index in [4.69, 9.17) is 28.5 Å². The smallest absolute Gasteiger partial charge is 0.256 e. The Bertz CT molecular complexity index is 664. The maximum absolute atomic E-state index is 11.9. The topological polar surface area (TPSA) is 78.7 Å². The van der Waals surface area contributed by atoms with Gasteiger partial charge in [0.25, 0.3) is 5.91 Å². The van der Waals surface area contributed by atoms with Crippen LogP contribution in [0.2, 0.25) is 10.2 Å². The number of nitrogens with one attached hydrogen (secondary N) is 1. The van der Waals surface area contributed by atoms with Crippen LogP contribution in [0.5, 0.6) is 0 Å². The van der Waals surface area contributed by atoms with E-state index in [1.165, 1.54) is 18.5 Å². The summed E-state index contributed by atoms with van der Waals surface area (Å²) in [6.07, 6.45) is 1.20. The number of hydrogen-bond donors (Lipinski definition) is 1. The lowest BCUT2D eigenvalue weighted by molar-refractivity contribution is 0.102. The summed E-state index contributed by atoms with van der Waals surface area (Å²) in [5.41, 5.74) is 0.851. The molecule has 0 aliphatic rings. The molecule has 1 N–H and O–H groups in total. The molecular weight excluding hydrogens is 287 g/mol. The Hall–Kier alpha value is -2.16. The van der Waals surface area contributed by atoms with Gasteiger partial charge in [-0.1, -0.05) is 23.2 Å². The summed E-state index contributed by atoms with van der Waals surface area (Å²) in [6.45, 7) is 0. The first-order valence-corrected chi connectivity index (χ1v) is 5.85. The zero-order valence-corrected chi connectivity index (χ0v) is 10.9. The zero-order chi connectivity index (χ0) is 13.8. The average molecular weight is 293 g/mol. The van der Waals surface area contributed by atoms with Crippen molar-refractivity contribution in [3.63, 3.8) is 0 Å². The quantitative estimate of drug-likeness (QED) is 0.863. The molecule has 0 fully saturated rings. The van der Waals surface area contributed by atoms with Gasteiger partial charge in [0.15, 0.2) is 11.0 Å². The van der Waals surface area contributed by atoms with Gasteiger partial charge in [-0.2, -0.15) is 5.26 Å². The molecular formula is C12H6Cl2N4O. The maximum Gasteiger partial charge on any atom is 0.256 e. The van der Waals surface area contributed by atoms with Gasteiger partial charge in [-0.15, -0.1) is 0 Å². The van der Waals surface area contributed by atoms with Gasteiger partial charge >= 0.3 is 0 Å². The van der Waals surface area contributed by atoms with E-state index in [-0.39, 0.29) is 16.0 Å². The van der Waals surface area contributed by atoms with Gasteiger partial charge in [0.1, 0.15) is 11.3 Å². The SMILES string of the molecule is N#Cc1ccc(C(=O)Nc2ncnc(Cl)c2Cl)cc1. The van der Waals surface area contributed by atoms with E-state index in [2.05, 4.69) is 15.3 Å². The summed E-state index contributed by atoms with van der Waals surface area (Å²) in [5.74, 6) is -0.266. The van der Waals surface area contributed by atoms with Crippen molar-refractivity contribution in [2.75, 3.05) is 5.32 Å². The Balaban J connectivity index is 2.21. The van der Waals surface area contributed by atoms with Gasteiger partial charge < -0.3 is 5.32 Å². The molecule has 0 unspecified atom stereocenters. The number of amides is 1. The summed E-state index contributed by atoms with van der Waals surface area (Å²) < 4.78 is 0. The number of rotatable bonds is 2. The highest BCUT2D eigenvalue weighted by Gasteiger charge is 2.12. The predicted molar refractivity (Wildman–Crippen MR) is 71.2 cm³/mol. The first kappa shape index (κ1) is 13.3. The largest absolute Gasteiger partial charge is 0.305 e. The summed E-state index contributed by atoms with van der Waals surface area (Å²) in [5, 5.41) is 11.3. The van der Waals surface area contributed by atoms with E-state index in [1.807, 2.05) is 6.07 Å². The molecule has 1 amide bonds. The molecule has 94 valence electrons.